The molecule has 23 heavy (non-hydrogen) atoms. The molecular weight excluding hydrogens is 310 g/mol. The number of nitrogens with zero attached hydrogens (tertiary/aromatic N) is 2. The highest BCUT2D eigenvalue weighted by Crippen LogP contribution is 2.27. The molecule has 0 spiro atoms. The third kappa shape index (κ3) is 3.88. The number of anilines is 1. The van der Waals surface area contributed by atoms with Gasteiger partial charge in [0, 0.05) is 11.4 Å². The predicted octanol–water partition coefficient (Wildman–Crippen LogP) is 3.19. The summed E-state index contributed by atoms with van der Waals surface area (Å²) in [5.41, 5.74) is 2.76. The maximum atomic E-state index is 12.1. The first kappa shape index (κ1) is 15.9. The molecule has 1 aliphatic heterocycles. The van der Waals surface area contributed by atoms with Crippen molar-refractivity contribution >= 4 is 40.1 Å². The summed E-state index contributed by atoms with van der Waals surface area (Å²) >= 11 is 1.22. The van der Waals surface area contributed by atoms with E-state index in [0.29, 0.717) is 5.17 Å². The number of hydrogen-bond donors (Lipinski definition) is 1. The molecule has 1 unspecified atom stereocenters. The number of fused-ring (bicyclic) bond motifs is 1. The van der Waals surface area contributed by atoms with E-state index in [1.807, 2.05) is 31.2 Å². The van der Waals surface area contributed by atoms with Crippen molar-refractivity contribution in [3.8, 4) is 0 Å². The number of para-hydroxylation sites is 1. The molecule has 1 aromatic carbocycles. The summed E-state index contributed by atoms with van der Waals surface area (Å²) in [5.74, 6) is -0.141. The van der Waals surface area contributed by atoms with E-state index in [1.54, 1.807) is 0 Å². The first-order chi connectivity index (χ1) is 11.1. The lowest BCUT2D eigenvalue weighted by atomic mass is 9.86. The summed E-state index contributed by atoms with van der Waals surface area (Å²) in [6.45, 7) is 1.95. The highest BCUT2D eigenvalue weighted by molar-refractivity contribution is 8.14. The van der Waals surface area contributed by atoms with Crippen LogP contribution in [0.25, 0.3) is 0 Å². The van der Waals surface area contributed by atoms with Crippen LogP contribution < -0.4 is 5.32 Å². The van der Waals surface area contributed by atoms with Crippen LogP contribution in [0.4, 0.5) is 5.69 Å². The third-order valence-corrected chi connectivity index (χ3v) is 4.92. The predicted molar refractivity (Wildman–Crippen MR) is 94.1 cm³/mol. The number of aryl methyl sites for hydroxylation is 1. The molecule has 0 saturated heterocycles. The SMILES string of the molecule is Cc1ccccc1NC(=O)CSC1=NC(=O)C2CCCCC2=N1. The molecule has 6 heteroatoms. The molecule has 5 nitrogen and oxygen atoms in total. The molecule has 2 amide bonds. The average molecular weight is 329 g/mol. The average Bonchev–Trinajstić information content (AvgIpc) is 2.55. The van der Waals surface area contributed by atoms with E-state index in [2.05, 4.69) is 15.3 Å². The van der Waals surface area contributed by atoms with Crippen molar-refractivity contribution in [3.63, 3.8) is 0 Å². The number of nitrogens with one attached hydrogen (secondary N) is 1. The van der Waals surface area contributed by atoms with Gasteiger partial charge in [0.25, 0.3) is 5.91 Å². The summed E-state index contributed by atoms with van der Waals surface area (Å²) in [6, 6.07) is 7.63. The lowest BCUT2D eigenvalue weighted by molar-refractivity contribution is -0.120. The molecule has 1 N–H and O–H groups in total. The number of benzene rings is 1. The molecule has 1 fully saturated rings. The Hall–Kier alpha value is -1.95. The van der Waals surface area contributed by atoms with Crippen LogP contribution in [-0.2, 0) is 9.59 Å². The van der Waals surface area contributed by atoms with Crippen molar-refractivity contribution < 1.29 is 9.59 Å². The Bertz CT molecular complexity index is 697. The Morgan fingerprint density at radius 1 is 1.30 bits per heavy atom. The fraction of sp³-hybridized carbons (Fsp3) is 0.412. The normalized spacial score (nSPS) is 20.4. The lowest BCUT2D eigenvalue weighted by Crippen LogP contribution is -2.30. The molecule has 0 aromatic heterocycles. The zero-order valence-electron chi connectivity index (χ0n) is 13.0. The number of amidine groups is 1. The van der Waals surface area contributed by atoms with Gasteiger partial charge in [0.15, 0.2) is 5.17 Å². The number of rotatable bonds is 3. The van der Waals surface area contributed by atoms with E-state index >= 15 is 0 Å². The maximum absolute atomic E-state index is 12.1. The Kier molecular flexibility index (Phi) is 4.91. The number of thioether (sulfide) groups is 1. The minimum absolute atomic E-state index is 0.100. The molecule has 2 aliphatic rings. The van der Waals surface area contributed by atoms with Crippen LogP contribution in [0.1, 0.15) is 31.2 Å². The second-order valence-electron chi connectivity index (χ2n) is 5.79. The van der Waals surface area contributed by atoms with Gasteiger partial charge in [-0.2, -0.15) is 4.99 Å². The van der Waals surface area contributed by atoms with Crippen LogP contribution in [0.2, 0.25) is 0 Å². The second-order valence-corrected chi connectivity index (χ2v) is 6.73. The van der Waals surface area contributed by atoms with Gasteiger partial charge in [-0.25, -0.2) is 4.99 Å². The zero-order chi connectivity index (χ0) is 16.2. The van der Waals surface area contributed by atoms with E-state index < -0.39 is 0 Å². The van der Waals surface area contributed by atoms with Crippen molar-refractivity contribution in [1.82, 2.24) is 0 Å². The van der Waals surface area contributed by atoms with Gasteiger partial charge in [-0.1, -0.05) is 36.4 Å². The maximum Gasteiger partial charge on any atom is 0.256 e. The lowest BCUT2D eigenvalue weighted by Gasteiger charge is -2.24. The topological polar surface area (TPSA) is 70.9 Å². The molecule has 0 radical (unpaired) electrons. The first-order valence-electron chi connectivity index (χ1n) is 7.82. The van der Waals surface area contributed by atoms with Gasteiger partial charge in [0.1, 0.15) is 0 Å². The summed E-state index contributed by atoms with van der Waals surface area (Å²) in [7, 11) is 0. The Morgan fingerprint density at radius 2 is 2.13 bits per heavy atom. The number of carbonyl (C=O) groups is 2. The number of hydrogen-bond acceptors (Lipinski definition) is 4. The van der Waals surface area contributed by atoms with Crippen LogP contribution in [0.15, 0.2) is 34.3 Å². The van der Waals surface area contributed by atoms with Crippen molar-refractivity contribution in [2.24, 2.45) is 15.9 Å². The van der Waals surface area contributed by atoms with Crippen LogP contribution in [-0.4, -0.2) is 28.4 Å². The molecule has 1 aliphatic carbocycles. The fourth-order valence-corrected chi connectivity index (χ4v) is 3.48. The largest absolute Gasteiger partial charge is 0.325 e. The zero-order valence-corrected chi connectivity index (χ0v) is 13.9. The molecule has 3 rings (SSSR count). The van der Waals surface area contributed by atoms with Gasteiger partial charge in [0.05, 0.1) is 11.7 Å². The standard InChI is InChI=1S/C17H19N3O2S/c1-11-6-2-4-8-13(11)18-15(21)10-23-17-19-14-9-5-3-7-12(14)16(22)20-17/h2,4,6,8,12H,3,5,7,9-10H2,1H3,(H,18,21). The molecule has 1 saturated carbocycles. The minimum Gasteiger partial charge on any atom is -0.325 e. The van der Waals surface area contributed by atoms with E-state index in [4.69, 9.17) is 0 Å². The van der Waals surface area contributed by atoms with Gasteiger partial charge >= 0.3 is 0 Å². The molecule has 1 atom stereocenters. The molecular formula is C17H19N3O2S. The fourth-order valence-electron chi connectivity index (χ4n) is 2.81. The van der Waals surface area contributed by atoms with Crippen LogP contribution in [0.3, 0.4) is 0 Å². The quantitative estimate of drug-likeness (QED) is 0.925. The van der Waals surface area contributed by atoms with E-state index in [1.165, 1.54) is 11.8 Å². The number of carbonyl (C=O) groups excluding carboxylic acids is 2. The molecule has 120 valence electrons. The highest BCUT2D eigenvalue weighted by atomic mass is 32.2. The van der Waals surface area contributed by atoms with Gasteiger partial charge in [0.2, 0.25) is 5.91 Å². The second kappa shape index (κ2) is 7.08. The smallest absolute Gasteiger partial charge is 0.256 e. The van der Waals surface area contributed by atoms with Crippen LogP contribution in [0, 0.1) is 12.8 Å². The summed E-state index contributed by atoms with van der Waals surface area (Å²) in [6.07, 6.45) is 3.86. The van der Waals surface area contributed by atoms with Crippen molar-refractivity contribution in [2.45, 2.75) is 32.6 Å². The third-order valence-electron chi connectivity index (χ3n) is 4.07. The van der Waals surface area contributed by atoms with Gasteiger partial charge < -0.3 is 5.32 Å². The number of amides is 2. The molecule has 0 bridgehead atoms. The van der Waals surface area contributed by atoms with E-state index in [-0.39, 0.29) is 23.5 Å². The Labute approximate surface area is 139 Å². The summed E-state index contributed by atoms with van der Waals surface area (Å²) in [5, 5.41) is 3.29. The highest BCUT2D eigenvalue weighted by Gasteiger charge is 2.30. The van der Waals surface area contributed by atoms with Crippen LogP contribution in [0.5, 0.6) is 0 Å². The van der Waals surface area contributed by atoms with E-state index in [9.17, 15) is 9.59 Å². The van der Waals surface area contributed by atoms with Crippen molar-refractivity contribution in [1.29, 1.82) is 0 Å². The van der Waals surface area contributed by atoms with Gasteiger partial charge in [-0.15, -0.1) is 0 Å². The monoisotopic (exact) mass is 329 g/mol. The van der Waals surface area contributed by atoms with Crippen molar-refractivity contribution in [2.75, 3.05) is 11.1 Å². The Balaban J connectivity index is 1.58. The summed E-state index contributed by atoms with van der Waals surface area (Å²) < 4.78 is 0. The van der Waals surface area contributed by atoms with Crippen molar-refractivity contribution in [3.05, 3.63) is 29.8 Å². The number of aliphatic imine (C=N–C) groups is 2. The Morgan fingerprint density at radius 3 is 2.96 bits per heavy atom. The summed E-state index contributed by atoms with van der Waals surface area (Å²) in [4.78, 5) is 32.6. The van der Waals surface area contributed by atoms with Gasteiger partial charge in [-0.05, 0) is 37.8 Å². The first-order valence-corrected chi connectivity index (χ1v) is 8.80. The molecule has 1 aromatic rings. The van der Waals surface area contributed by atoms with Gasteiger partial charge in [-0.3, -0.25) is 9.59 Å². The minimum atomic E-state index is -0.120. The van der Waals surface area contributed by atoms with Crippen LogP contribution >= 0.6 is 11.8 Å². The van der Waals surface area contributed by atoms with E-state index in [0.717, 1.165) is 42.6 Å². The molecule has 1 heterocycles.